The highest BCUT2D eigenvalue weighted by atomic mass is 33.1. The number of piperidine rings is 1. The maximum absolute atomic E-state index is 15.8. The third-order valence-electron chi connectivity index (χ3n) is 25.4. The summed E-state index contributed by atoms with van der Waals surface area (Å²) in [7, 11) is 8.09. The first kappa shape index (κ1) is 96.3. The Morgan fingerprint density at radius 2 is 1.41 bits per heavy atom. The highest BCUT2D eigenvalue weighted by Crippen LogP contribution is 2.68. The van der Waals surface area contributed by atoms with Gasteiger partial charge in [-0.05, 0) is 112 Å². The maximum Gasteiger partial charge on any atom is 0.427 e. The van der Waals surface area contributed by atoms with E-state index in [1.807, 2.05) is 66.1 Å². The van der Waals surface area contributed by atoms with Gasteiger partial charge in [0.05, 0.1) is 63.6 Å². The van der Waals surface area contributed by atoms with Crippen molar-refractivity contribution in [1.82, 2.24) is 72.0 Å². The summed E-state index contributed by atoms with van der Waals surface area (Å²) in [6.07, 6.45) is -0.464. The summed E-state index contributed by atoms with van der Waals surface area (Å²) in [6, 6.07) is 3.78. The molecule has 7 amide bonds. The van der Waals surface area contributed by atoms with Gasteiger partial charge in [0.15, 0.2) is 16.8 Å². The van der Waals surface area contributed by atoms with Crippen molar-refractivity contribution < 1.29 is 122 Å². The number of nitrogens with zero attached hydrogens (tertiary/aromatic N) is 7. The summed E-state index contributed by atoms with van der Waals surface area (Å²) in [5.41, 5.74) is 4.69. The Kier molecular flexibility index (Phi) is 29.7. The number of anilines is 3. The molecule has 20 N–H and O–H groups in total. The third-order valence-corrected chi connectivity index (χ3v) is 27.7. The molecule has 0 radical (unpaired) electrons. The van der Waals surface area contributed by atoms with Crippen LogP contribution in [-0.2, 0) is 90.7 Å². The van der Waals surface area contributed by atoms with Gasteiger partial charge in [0, 0.05) is 120 Å². The fourth-order valence-electron chi connectivity index (χ4n) is 19.4. The van der Waals surface area contributed by atoms with Crippen LogP contribution < -0.4 is 63.6 Å². The summed E-state index contributed by atoms with van der Waals surface area (Å²) in [6.45, 7) is 7.64. The lowest BCUT2D eigenvalue weighted by Crippen LogP contribution is -2.80. The number of fused-ring (bicyclic) bond motifs is 7. The second-order valence-corrected chi connectivity index (χ2v) is 35.7. The van der Waals surface area contributed by atoms with Gasteiger partial charge in [-0.1, -0.05) is 65.8 Å². The molecule has 46 heteroatoms. The van der Waals surface area contributed by atoms with Crippen LogP contribution in [0.25, 0.3) is 22.1 Å². The minimum absolute atomic E-state index is 0.0223. The normalized spacial score (nSPS) is 24.4. The lowest BCUT2D eigenvalue weighted by molar-refractivity contribution is -0.172. The fraction of sp³-hybridized carbons (Fsp3) is 0.500. The topological polar surface area (TPSA) is 652 Å². The number of benzene rings is 3. The molecule has 8 heterocycles. The standard InChI is InChI=1S/C84H104N18O26S2/c1-8-80(127-7)34-42-35-83(77(122)126-6,63-47(21-25-101(38-42)40-80)46-13-10-11-14-50(46)91-63)49-29-48-56(33-57(49)125-5)100(4)74-82(48)23-26-102-24-12-22-81(9-2,73(82)102)75(120)84(74,124)76(121)98-99-79(123)128-27-28-129-130-39-55(69(114)88-41(3)71(116)117)95-68(113)54(32-61(108)109)94-67(112)53(31-60(106)107)93-66(111)52(30-59(104)105)90-58(103)20-19-51(72(118)119)92-65(110)43-15-17-44(18-16-43)86-36-45-37-87-64-62(89-45)70(115)97-78(85)96-64/h10-18,22,29,33,37,41-42,51-55,73-75,86,91,120,124H,8-9,19-21,23-28,30-32,34-36,38-40H2,1-7H3,(H,88,114)(H,90,103)(H,92,110)(H,93,111)(H,94,112)(H,95,113)(H,98,121)(H,99,123)(H,104,105)(H,106,107)(H,108,109)(H,116,117)(H,118,119)(H3,85,87,96,97,115)/t41-,42+,51-,52-,53-,54-,55-,73-,74+,75+,80-,81+,82+,83-,84-/m0/s1. The molecule has 130 heavy (non-hydrogen) atoms. The van der Waals surface area contributed by atoms with E-state index in [1.54, 1.807) is 19.1 Å². The van der Waals surface area contributed by atoms with Crippen LogP contribution in [0.4, 0.5) is 22.1 Å². The third kappa shape index (κ3) is 19.6. The molecule has 698 valence electrons. The summed E-state index contributed by atoms with van der Waals surface area (Å²) in [5, 5.41) is 109. The molecule has 1 saturated carbocycles. The molecule has 12 rings (SSSR count). The van der Waals surface area contributed by atoms with E-state index >= 15 is 4.79 Å². The summed E-state index contributed by atoms with van der Waals surface area (Å²) >= 11 is 0. The first-order valence-electron chi connectivity index (χ1n) is 41.8. The summed E-state index contributed by atoms with van der Waals surface area (Å²) < 4.78 is 24.3. The van der Waals surface area contributed by atoms with Crippen LogP contribution >= 0.6 is 21.6 Å². The second kappa shape index (κ2) is 40.1. The number of carboxylic acids is 5. The number of rotatable bonds is 39. The van der Waals surface area contributed by atoms with Gasteiger partial charge in [-0.25, -0.2) is 25.0 Å². The van der Waals surface area contributed by atoms with Crippen LogP contribution in [-0.4, -0.2) is 304 Å². The molecule has 1 spiro atoms. The number of likely N-dealkylation sites (N-methyl/N-ethyl adjacent to an activating group) is 1. The molecule has 2 saturated heterocycles. The number of amides is 7. The molecule has 3 fully saturated rings. The van der Waals surface area contributed by atoms with Gasteiger partial charge in [0.1, 0.15) is 60.1 Å². The van der Waals surface area contributed by atoms with Crippen molar-refractivity contribution in [3.05, 3.63) is 123 Å². The quantitative estimate of drug-likeness (QED) is 0.00481. The number of hydrazone groups is 1. The number of aromatic nitrogens is 5. The minimum atomic E-state index is -2.70. The van der Waals surface area contributed by atoms with Crippen molar-refractivity contribution >= 4 is 144 Å². The number of aliphatic carboxylic acids is 5. The zero-order valence-electron chi connectivity index (χ0n) is 71.9. The number of H-pyrrole nitrogens is 2. The van der Waals surface area contributed by atoms with Gasteiger partial charge in [-0.3, -0.25) is 72.3 Å². The zero-order valence-corrected chi connectivity index (χ0v) is 73.5. The highest BCUT2D eigenvalue weighted by molar-refractivity contribution is 8.76. The number of nitrogens with two attached hydrogens (primary N) is 1. The molecule has 44 nitrogen and oxygen atoms in total. The zero-order chi connectivity index (χ0) is 94.2. The van der Waals surface area contributed by atoms with Crippen molar-refractivity contribution in [2.24, 2.45) is 16.4 Å². The van der Waals surface area contributed by atoms with Gasteiger partial charge in [0.2, 0.25) is 41.4 Å². The molecular formula is C84H104N18O26S2. The molecule has 5 aliphatic heterocycles. The highest BCUT2D eigenvalue weighted by Gasteiger charge is 2.79. The van der Waals surface area contributed by atoms with Crippen molar-refractivity contribution in [1.29, 1.82) is 0 Å². The van der Waals surface area contributed by atoms with Gasteiger partial charge in [0.25, 0.3) is 11.5 Å². The van der Waals surface area contributed by atoms with Gasteiger partial charge in [-0.15, -0.1) is 5.10 Å². The van der Waals surface area contributed by atoms with Gasteiger partial charge < -0.3 is 113 Å². The van der Waals surface area contributed by atoms with Crippen LogP contribution in [0.1, 0.15) is 123 Å². The van der Waals surface area contributed by atoms with Crippen LogP contribution in [0.15, 0.2) is 88.9 Å². The molecule has 3 aromatic heterocycles. The predicted octanol–water partition coefficient (Wildman–Crippen LogP) is 0.717. The Morgan fingerprint density at radius 3 is 2.04 bits per heavy atom. The Bertz CT molecular complexity index is 5520. The molecule has 6 aliphatic rings. The Balaban J connectivity index is 0.690. The number of hydrogen-bond donors (Lipinski definition) is 19. The number of ether oxygens (including phenoxy) is 4. The summed E-state index contributed by atoms with van der Waals surface area (Å²) in [4.78, 5) is 210. The summed E-state index contributed by atoms with van der Waals surface area (Å²) in [5.74, 6) is -18.4. The average molecular weight is 1850 g/mol. The monoisotopic (exact) mass is 1840 g/mol. The Labute approximate surface area is 749 Å². The number of carboxylic acid groups (broad SMARTS) is 5. The predicted molar refractivity (Wildman–Crippen MR) is 467 cm³/mol. The Hall–Kier alpha value is -12.8. The number of aliphatic hydroxyl groups excluding tert-OH is 2. The van der Waals surface area contributed by atoms with Crippen LogP contribution in [0.2, 0.25) is 0 Å². The van der Waals surface area contributed by atoms with E-state index in [-0.39, 0.29) is 53.7 Å². The molecule has 2 bridgehead atoms. The number of carbonyl (C=O) groups is 13. The van der Waals surface area contributed by atoms with E-state index < -0.39 is 215 Å². The number of aromatic amines is 2. The van der Waals surface area contributed by atoms with Crippen molar-refractivity contribution in [2.45, 2.75) is 174 Å². The Morgan fingerprint density at radius 1 is 0.746 bits per heavy atom. The van der Waals surface area contributed by atoms with E-state index in [0.29, 0.717) is 98.0 Å². The van der Waals surface area contributed by atoms with Gasteiger partial charge in [-0.2, -0.15) is 4.98 Å². The second-order valence-electron chi connectivity index (χ2n) is 33.1. The van der Waals surface area contributed by atoms with Crippen molar-refractivity contribution in [2.75, 3.05) is 95.2 Å². The van der Waals surface area contributed by atoms with E-state index in [2.05, 4.69) is 78.8 Å². The molecule has 1 aliphatic carbocycles. The largest absolute Gasteiger partial charge is 0.496 e. The van der Waals surface area contributed by atoms with E-state index in [4.69, 9.17) is 24.7 Å². The number of hydrogen-bond acceptors (Lipinski definition) is 31. The lowest BCUT2D eigenvalue weighted by atomic mass is 9.47. The number of nitrogens with one attached hydrogen (secondary N) is 10. The fourth-order valence-corrected chi connectivity index (χ4v) is 21.4. The van der Waals surface area contributed by atoms with Crippen molar-refractivity contribution in [3.8, 4) is 5.75 Å². The number of esters is 1. The van der Waals surface area contributed by atoms with E-state index in [0.717, 1.165) is 45.0 Å². The molecule has 1 unspecified atom stereocenters. The smallest absolute Gasteiger partial charge is 0.427 e. The van der Waals surface area contributed by atoms with Crippen molar-refractivity contribution in [3.63, 3.8) is 0 Å². The number of carbonyl (C=O) groups excluding carboxylic acids is 8. The first-order chi connectivity index (χ1) is 61.8. The number of aliphatic hydroxyl groups is 3. The SMILES string of the molecule is CC[C@]1(OC)C[C@H]2CN(CCc3c([nH]c4ccccc34)[C@@](C(=O)OC)(c3cc4c(cc3OC)N(C)[C@H]3[C@@](O)(/C(O)=N\NC(=O)OCCSSC[C@H](NC(=O)[C@H](CC(=O)O)NC(=O)[C@H](CC(=O)O)NC(=O)[C@H](CC(=O)O)NC(=O)CC[C@H](NC(=O)c5ccc(NCc6cnc7nc(N)[nH]c(=O)c7n6)cc5)C(=O)O)C(=O)N[C@@H](C)C(=O)O)[C@H](O)[C@]5(CC)C=CCN6CC[C@]43[C@@H]65)C2)C1. The van der Waals surface area contributed by atoms with Crippen LogP contribution in [0.5, 0.6) is 5.75 Å². The number of para-hydroxylation sites is 1. The molecular weight excluding hydrogens is 1740 g/mol. The number of methoxy groups -OCH3 is 3. The van der Waals surface area contributed by atoms with E-state index in [9.17, 15) is 103 Å². The maximum atomic E-state index is 15.8. The van der Waals surface area contributed by atoms with E-state index in [1.165, 1.54) is 44.7 Å². The first-order valence-corrected chi connectivity index (χ1v) is 44.3. The molecule has 3 aromatic carbocycles. The lowest BCUT2D eigenvalue weighted by Gasteiger charge is -2.63. The molecule has 6 aromatic rings. The minimum Gasteiger partial charge on any atom is -0.496 e. The van der Waals surface area contributed by atoms with Crippen LogP contribution in [0, 0.1) is 11.3 Å². The number of nitrogen functional groups attached to an aromatic ring is 1. The average Bonchev–Trinajstić information content (AvgIpc) is 1.45. The van der Waals surface area contributed by atoms with Crippen LogP contribution in [0.3, 0.4) is 0 Å². The van der Waals surface area contributed by atoms with Gasteiger partial charge >= 0.3 is 41.9 Å². The molecule has 16 atom stereocenters.